The predicted molar refractivity (Wildman–Crippen MR) is 57.9 cm³/mol. The van der Waals surface area contributed by atoms with Gasteiger partial charge in [-0.1, -0.05) is 5.16 Å². The van der Waals surface area contributed by atoms with Crippen molar-refractivity contribution in [3.05, 3.63) is 11.7 Å². The van der Waals surface area contributed by atoms with Crippen LogP contribution in [-0.2, 0) is 16.3 Å². The quantitative estimate of drug-likeness (QED) is 0.786. The second kappa shape index (κ2) is 4.50. The van der Waals surface area contributed by atoms with Gasteiger partial charge in [0.15, 0.2) is 15.7 Å². The fourth-order valence-electron chi connectivity index (χ4n) is 1.77. The molecular formula is C9H15N3O3S. The van der Waals surface area contributed by atoms with Gasteiger partial charge >= 0.3 is 0 Å². The molecule has 0 spiro atoms. The molecule has 1 fully saturated rings. The van der Waals surface area contributed by atoms with Crippen molar-refractivity contribution >= 4 is 9.84 Å². The van der Waals surface area contributed by atoms with Crippen molar-refractivity contribution in [1.82, 2.24) is 15.5 Å². The van der Waals surface area contributed by atoms with E-state index >= 15 is 0 Å². The summed E-state index contributed by atoms with van der Waals surface area (Å²) < 4.78 is 27.6. The van der Waals surface area contributed by atoms with E-state index < -0.39 is 9.84 Å². The zero-order valence-corrected chi connectivity index (χ0v) is 9.96. The molecular weight excluding hydrogens is 230 g/mol. The SMILES string of the molecule is CNCCc1nc(C2CCS(=O)(=O)C2)no1. The van der Waals surface area contributed by atoms with Crippen LogP contribution in [0.4, 0.5) is 0 Å². The van der Waals surface area contributed by atoms with Gasteiger partial charge in [-0.05, 0) is 13.5 Å². The third-order valence-electron chi connectivity index (χ3n) is 2.67. The van der Waals surface area contributed by atoms with Gasteiger partial charge < -0.3 is 9.84 Å². The van der Waals surface area contributed by atoms with E-state index in [-0.39, 0.29) is 17.4 Å². The van der Waals surface area contributed by atoms with Crippen LogP contribution in [0.15, 0.2) is 4.52 Å². The van der Waals surface area contributed by atoms with Crippen LogP contribution in [0.25, 0.3) is 0 Å². The Morgan fingerprint density at radius 2 is 2.38 bits per heavy atom. The Morgan fingerprint density at radius 3 is 3.00 bits per heavy atom. The Bertz CT molecular complexity index is 454. The molecule has 0 amide bonds. The molecule has 1 aromatic heterocycles. The third kappa shape index (κ3) is 2.59. The summed E-state index contributed by atoms with van der Waals surface area (Å²) in [4.78, 5) is 4.21. The Morgan fingerprint density at radius 1 is 1.56 bits per heavy atom. The molecule has 1 aliphatic rings. The van der Waals surface area contributed by atoms with Gasteiger partial charge in [0.25, 0.3) is 0 Å². The van der Waals surface area contributed by atoms with E-state index in [0.29, 0.717) is 24.6 Å². The molecule has 1 atom stereocenters. The van der Waals surface area contributed by atoms with Gasteiger partial charge in [-0.2, -0.15) is 4.98 Å². The van der Waals surface area contributed by atoms with Gasteiger partial charge in [0.2, 0.25) is 5.89 Å². The maximum atomic E-state index is 11.3. The van der Waals surface area contributed by atoms with Gasteiger partial charge in [-0.3, -0.25) is 0 Å². The Kier molecular flexibility index (Phi) is 3.25. The summed E-state index contributed by atoms with van der Waals surface area (Å²) in [5.74, 6) is 1.40. The zero-order valence-electron chi connectivity index (χ0n) is 9.14. The van der Waals surface area contributed by atoms with E-state index in [0.717, 1.165) is 6.54 Å². The first-order valence-electron chi connectivity index (χ1n) is 5.28. The second-order valence-corrected chi connectivity index (χ2v) is 6.23. The fourth-order valence-corrected chi connectivity index (χ4v) is 3.51. The summed E-state index contributed by atoms with van der Waals surface area (Å²) >= 11 is 0. The molecule has 1 saturated heterocycles. The molecule has 2 rings (SSSR count). The summed E-state index contributed by atoms with van der Waals surface area (Å²) in [6.07, 6.45) is 1.27. The highest BCUT2D eigenvalue weighted by Gasteiger charge is 2.32. The number of likely N-dealkylation sites (N-methyl/N-ethyl adjacent to an activating group) is 1. The number of nitrogens with one attached hydrogen (secondary N) is 1. The van der Waals surface area contributed by atoms with Crippen molar-refractivity contribution in [3.63, 3.8) is 0 Å². The minimum Gasteiger partial charge on any atom is -0.339 e. The largest absolute Gasteiger partial charge is 0.339 e. The lowest BCUT2D eigenvalue weighted by Gasteiger charge is -1.98. The lowest BCUT2D eigenvalue weighted by atomic mass is 10.1. The molecule has 0 aromatic carbocycles. The van der Waals surface area contributed by atoms with Gasteiger partial charge in [0.1, 0.15) is 0 Å². The minimum atomic E-state index is -2.89. The first kappa shape index (κ1) is 11.5. The normalized spacial score (nSPS) is 23.7. The smallest absolute Gasteiger partial charge is 0.227 e. The Labute approximate surface area is 94.3 Å². The fraction of sp³-hybridized carbons (Fsp3) is 0.778. The van der Waals surface area contributed by atoms with Crippen LogP contribution in [0.2, 0.25) is 0 Å². The molecule has 0 saturated carbocycles. The summed E-state index contributed by atoms with van der Waals surface area (Å²) in [5, 5.41) is 6.82. The van der Waals surface area contributed by atoms with Crippen molar-refractivity contribution in [2.45, 2.75) is 18.8 Å². The Hall–Kier alpha value is -0.950. The molecule has 1 N–H and O–H groups in total. The summed E-state index contributed by atoms with van der Waals surface area (Å²) in [5.41, 5.74) is 0. The highest BCUT2D eigenvalue weighted by atomic mass is 32.2. The van der Waals surface area contributed by atoms with Crippen LogP contribution in [0.5, 0.6) is 0 Å². The zero-order chi connectivity index (χ0) is 11.6. The molecule has 0 bridgehead atoms. The standard InChI is InChI=1S/C9H15N3O3S/c1-10-4-2-8-11-9(12-15-8)7-3-5-16(13,14)6-7/h7,10H,2-6H2,1H3. The van der Waals surface area contributed by atoms with E-state index in [4.69, 9.17) is 4.52 Å². The molecule has 1 aliphatic heterocycles. The molecule has 6 nitrogen and oxygen atoms in total. The molecule has 90 valence electrons. The summed E-state index contributed by atoms with van der Waals surface area (Å²) in [6.45, 7) is 0.768. The number of hydrogen-bond acceptors (Lipinski definition) is 6. The van der Waals surface area contributed by atoms with E-state index in [1.165, 1.54) is 0 Å². The van der Waals surface area contributed by atoms with E-state index in [2.05, 4.69) is 15.5 Å². The van der Waals surface area contributed by atoms with E-state index in [1.807, 2.05) is 7.05 Å². The molecule has 2 heterocycles. The van der Waals surface area contributed by atoms with Crippen molar-refractivity contribution < 1.29 is 12.9 Å². The Balaban J connectivity index is 2.02. The molecule has 0 radical (unpaired) electrons. The topological polar surface area (TPSA) is 85.1 Å². The second-order valence-electron chi connectivity index (χ2n) is 4.00. The molecule has 1 aromatic rings. The first-order chi connectivity index (χ1) is 7.61. The highest BCUT2D eigenvalue weighted by Crippen LogP contribution is 2.26. The molecule has 1 unspecified atom stereocenters. The van der Waals surface area contributed by atoms with Crippen molar-refractivity contribution in [2.75, 3.05) is 25.1 Å². The van der Waals surface area contributed by atoms with Gasteiger partial charge in [0.05, 0.1) is 11.5 Å². The number of hydrogen-bond donors (Lipinski definition) is 1. The van der Waals surface area contributed by atoms with Gasteiger partial charge in [-0.15, -0.1) is 0 Å². The predicted octanol–water partition coefficient (Wildman–Crippen LogP) is -0.266. The maximum Gasteiger partial charge on any atom is 0.227 e. The van der Waals surface area contributed by atoms with Gasteiger partial charge in [0, 0.05) is 18.9 Å². The number of rotatable bonds is 4. The van der Waals surface area contributed by atoms with Crippen LogP contribution >= 0.6 is 0 Å². The van der Waals surface area contributed by atoms with Crippen LogP contribution in [0.3, 0.4) is 0 Å². The maximum absolute atomic E-state index is 11.3. The van der Waals surface area contributed by atoms with Crippen molar-refractivity contribution in [2.24, 2.45) is 0 Å². The average molecular weight is 245 g/mol. The van der Waals surface area contributed by atoms with Crippen LogP contribution in [0, 0.1) is 0 Å². The summed E-state index contributed by atoms with van der Waals surface area (Å²) in [6, 6.07) is 0. The highest BCUT2D eigenvalue weighted by molar-refractivity contribution is 7.91. The van der Waals surface area contributed by atoms with Crippen LogP contribution in [-0.4, -0.2) is 43.7 Å². The first-order valence-corrected chi connectivity index (χ1v) is 7.10. The van der Waals surface area contributed by atoms with Gasteiger partial charge in [-0.25, -0.2) is 8.42 Å². The summed E-state index contributed by atoms with van der Waals surface area (Å²) in [7, 11) is -1.04. The number of sulfone groups is 1. The molecule has 0 aliphatic carbocycles. The minimum absolute atomic E-state index is 0.0860. The van der Waals surface area contributed by atoms with Crippen molar-refractivity contribution in [3.8, 4) is 0 Å². The van der Waals surface area contributed by atoms with E-state index in [9.17, 15) is 8.42 Å². The lowest BCUT2D eigenvalue weighted by Crippen LogP contribution is -2.10. The van der Waals surface area contributed by atoms with Crippen LogP contribution in [0.1, 0.15) is 24.1 Å². The van der Waals surface area contributed by atoms with Crippen LogP contribution < -0.4 is 5.32 Å². The lowest BCUT2D eigenvalue weighted by molar-refractivity contribution is 0.369. The molecule has 16 heavy (non-hydrogen) atoms. The molecule has 7 heteroatoms. The van der Waals surface area contributed by atoms with Crippen molar-refractivity contribution in [1.29, 1.82) is 0 Å². The monoisotopic (exact) mass is 245 g/mol. The number of aromatic nitrogens is 2. The number of nitrogens with zero attached hydrogens (tertiary/aromatic N) is 2. The average Bonchev–Trinajstić information content (AvgIpc) is 2.81. The third-order valence-corrected chi connectivity index (χ3v) is 4.44. The van der Waals surface area contributed by atoms with E-state index in [1.54, 1.807) is 0 Å².